The van der Waals surface area contributed by atoms with Crippen molar-refractivity contribution in [2.24, 2.45) is 5.92 Å². The van der Waals surface area contributed by atoms with Crippen molar-refractivity contribution in [3.63, 3.8) is 0 Å². The van der Waals surface area contributed by atoms with Gasteiger partial charge in [-0.3, -0.25) is 9.69 Å². The summed E-state index contributed by atoms with van der Waals surface area (Å²) in [4.78, 5) is 28.1. The first-order chi connectivity index (χ1) is 13.0. The Kier molecular flexibility index (Phi) is 9.30. The van der Waals surface area contributed by atoms with Gasteiger partial charge in [0.1, 0.15) is 13.2 Å². The largest absolute Gasteiger partial charge is 0.447 e. The molecule has 27 heavy (non-hydrogen) atoms. The molecule has 156 valence electrons. The summed E-state index contributed by atoms with van der Waals surface area (Å²) in [7, 11) is 1.62. The van der Waals surface area contributed by atoms with Crippen LogP contribution in [0.2, 0.25) is 0 Å². The fourth-order valence-electron chi connectivity index (χ4n) is 3.65. The van der Waals surface area contributed by atoms with Crippen LogP contribution in [0.1, 0.15) is 33.1 Å². The molecule has 2 aliphatic heterocycles. The van der Waals surface area contributed by atoms with Gasteiger partial charge in [0.2, 0.25) is 5.91 Å². The third-order valence-electron chi connectivity index (χ3n) is 4.99. The minimum absolute atomic E-state index is 0.00642. The molecule has 0 spiro atoms. The normalized spacial score (nSPS) is 21.2. The first-order valence-electron chi connectivity index (χ1n) is 9.90. The maximum Gasteiger partial charge on any atom is 0.410 e. The Bertz CT molecular complexity index is 465. The molecule has 1 atom stereocenters. The number of piperidine rings is 1. The van der Waals surface area contributed by atoms with Crippen LogP contribution in [0.4, 0.5) is 4.79 Å². The molecule has 0 N–H and O–H groups in total. The fourth-order valence-corrected chi connectivity index (χ4v) is 3.65. The number of hydrogen-bond donors (Lipinski definition) is 0. The van der Waals surface area contributed by atoms with Crippen LogP contribution in [0.15, 0.2) is 0 Å². The van der Waals surface area contributed by atoms with Crippen LogP contribution in [0.5, 0.6) is 0 Å². The first kappa shape index (κ1) is 21.9. The van der Waals surface area contributed by atoms with Gasteiger partial charge in [-0.1, -0.05) is 13.8 Å². The lowest BCUT2D eigenvalue weighted by molar-refractivity contribution is -0.138. The Morgan fingerprint density at radius 3 is 2.48 bits per heavy atom. The quantitative estimate of drug-likeness (QED) is 0.501. The van der Waals surface area contributed by atoms with Crippen molar-refractivity contribution in [3.8, 4) is 0 Å². The Morgan fingerprint density at radius 2 is 1.81 bits per heavy atom. The van der Waals surface area contributed by atoms with Gasteiger partial charge in [-0.25, -0.2) is 4.79 Å². The highest BCUT2D eigenvalue weighted by Gasteiger charge is 2.39. The van der Waals surface area contributed by atoms with E-state index in [4.69, 9.17) is 18.9 Å². The second kappa shape index (κ2) is 11.5. The predicted octanol–water partition coefficient (Wildman–Crippen LogP) is 1.52. The third kappa shape index (κ3) is 6.93. The number of rotatable bonds is 11. The smallest absolute Gasteiger partial charge is 0.410 e. The molecule has 1 unspecified atom stereocenters. The summed E-state index contributed by atoms with van der Waals surface area (Å²) in [6.07, 6.45) is 2.32. The molecule has 0 aromatic rings. The number of amides is 2. The van der Waals surface area contributed by atoms with Crippen LogP contribution in [0, 0.1) is 5.92 Å². The summed E-state index contributed by atoms with van der Waals surface area (Å²) in [5, 5.41) is 0. The van der Waals surface area contributed by atoms with Crippen molar-refractivity contribution in [1.29, 1.82) is 0 Å². The van der Waals surface area contributed by atoms with Gasteiger partial charge in [0.05, 0.1) is 32.5 Å². The van der Waals surface area contributed by atoms with Gasteiger partial charge < -0.3 is 23.8 Å². The molecule has 0 aromatic carbocycles. The Balaban J connectivity index is 1.67. The average Bonchev–Trinajstić information content (AvgIpc) is 3.00. The van der Waals surface area contributed by atoms with E-state index in [1.165, 1.54) is 0 Å². The molecule has 2 fully saturated rings. The van der Waals surface area contributed by atoms with Crippen molar-refractivity contribution >= 4 is 12.0 Å². The lowest BCUT2D eigenvalue weighted by atomic mass is 9.98. The number of hydrogen-bond acceptors (Lipinski definition) is 6. The molecule has 2 rings (SSSR count). The van der Waals surface area contributed by atoms with Crippen LogP contribution >= 0.6 is 0 Å². The molecule has 2 amide bonds. The highest BCUT2D eigenvalue weighted by Crippen LogP contribution is 2.27. The number of nitrogens with zero attached hydrogens (tertiary/aromatic N) is 2. The van der Waals surface area contributed by atoms with Gasteiger partial charge in [0.15, 0.2) is 0 Å². The van der Waals surface area contributed by atoms with Crippen LogP contribution in [-0.2, 0) is 23.7 Å². The van der Waals surface area contributed by atoms with E-state index < -0.39 is 0 Å². The van der Waals surface area contributed by atoms with Crippen molar-refractivity contribution < 1.29 is 28.5 Å². The van der Waals surface area contributed by atoms with E-state index in [0.29, 0.717) is 52.0 Å². The van der Waals surface area contributed by atoms with E-state index in [9.17, 15) is 9.59 Å². The molecular formula is C19H34N2O6. The van der Waals surface area contributed by atoms with Crippen LogP contribution in [0.25, 0.3) is 0 Å². The summed E-state index contributed by atoms with van der Waals surface area (Å²) in [5.41, 5.74) is 0. The van der Waals surface area contributed by atoms with E-state index in [-0.39, 0.29) is 30.7 Å². The van der Waals surface area contributed by atoms with E-state index in [1.54, 1.807) is 7.11 Å². The molecule has 0 saturated carbocycles. The Hall–Kier alpha value is -1.38. The van der Waals surface area contributed by atoms with E-state index in [2.05, 4.69) is 13.8 Å². The molecule has 0 aromatic heterocycles. The number of cyclic esters (lactones) is 1. The molecule has 0 aliphatic carbocycles. The predicted molar refractivity (Wildman–Crippen MR) is 99.5 cm³/mol. The number of carbonyl (C=O) groups excluding carboxylic acids is 2. The first-order valence-corrected chi connectivity index (χ1v) is 9.90. The van der Waals surface area contributed by atoms with Crippen LogP contribution in [-0.4, -0.2) is 93.7 Å². The second-order valence-electron chi connectivity index (χ2n) is 7.54. The average molecular weight is 386 g/mol. The zero-order chi connectivity index (χ0) is 19.6. The number of ether oxygens (including phenoxy) is 4. The fraction of sp³-hybridized carbons (Fsp3) is 0.895. The molecule has 2 heterocycles. The van der Waals surface area contributed by atoms with Crippen molar-refractivity contribution in [3.05, 3.63) is 0 Å². The Morgan fingerprint density at radius 1 is 1.15 bits per heavy atom. The Labute approximate surface area is 162 Å². The molecule has 0 radical (unpaired) electrons. The molecule has 2 aliphatic rings. The third-order valence-corrected chi connectivity index (χ3v) is 4.99. The summed E-state index contributed by atoms with van der Waals surface area (Å²) >= 11 is 0. The van der Waals surface area contributed by atoms with Crippen molar-refractivity contribution in [2.75, 3.05) is 59.8 Å². The maximum atomic E-state index is 12.3. The summed E-state index contributed by atoms with van der Waals surface area (Å²) in [6.45, 7) is 8.08. The van der Waals surface area contributed by atoms with Gasteiger partial charge in [0, 0.05) is 26.2 Å². The second-order valence-corrected chi connectivity index (χ2v) is 7.54. The van der Waals surface area contributed by atoms with Crippen LogP contribution in [0.3, 0.4) is 0 Å². The maximum absolute atomic E-state index is 12.3. The molecule has 2 saturated heterocycles. The summed E-state index contributed by atoms with van der Waals surface area (Å²) in [6, 6.07) is 0.314. The zero-order valence-electron chi connectivity index (χ0n) is 16.9. The lowest BCUT2D eigenvalue weighted by Gasteiger charge is -2.38. The minimum Gasteiger partial charge on any atom is -0.447 e. The molecule has 8 nitrogen and oxygen atoms in total. The summed E-state index contributed by atoms with van der Waals surface area (Å²) in [5.74, 6) is 0.511. The molecule has 0 bridgehead atoms. The van der Waals surface area contributed by atoms with Gasteiger partial charge in [-0.2, -0.15) is 0 Å². The monoisotopic (exact) mass is 386 g/mol. The van der Waals surface area contributed by atoms with E-state index in [0.717, 1.165) is 19.3 Å². The van der Waals surface area contributed by atoms with Crippen molar-refractivity contribution in [2.45, 2.75) is 45.2 Å². The van der Waals surface area contributed by atoms with Gasteiger partial charge >= 0.3 is 6.09 Å². The highest BCUT2D eigenvalue weighted by atomic mass is 16.6. The molecule has 8 heteroatoms. The number of carbonyl (C=O) groups is 2. The summed E-state index contributed by atoms with van der Waals surface area (Å²) < 4.78 is 20.8. The van der Waals surface area contributed by atoms with Crippen molar-refractivity contribution in [1.82, 2.24) is 9.80 Å². The lowest BCUT2D eigenvalue weighted by Crippen LogP contribution is -2.50. The number of methoxy groups -OCH3 is 1. The van der Waals surface area contributed by atoms with Gasteiger partial charge in [0.25, 0.3) is 0 Å². The number of likely N-dealkylation sites (tertiary alicyclic amines) is 1. The highest BCUT2D eigenvalue weighted by molar-refractivity contribution is 5.77. The topological polar surface area (TPSA) is 77.5 Å². The zero-order valence-corrected chi connectivity index (χ0v) is 16.9. The minimum atomic E-state index is -0.206. The van der Waals surface area contributed by atoms with E-state index in [1.807, 2.05) is 9.80 Å². The van der Waals surface area contributed by atoms with Crippen LogP contribution < -0.4 is 0 Å². The molecular weight excluding hydrogens is 352 g/mol. The standard InChI is InChI=1S/C19H34N2O6/c1-15(2)12-17-13-27-19(23)21(17)16-4-6-20(7-5-16)18(22)14-26-11-10-25-9-8-24-3/h15-17H,4-14H2,1-3H3. The van der Waals surface area contributed by atoms with E-state index >= 15 is 0 Å². The van der Waals surface area contributed by atoms with Gasteiger partial charge in [-0.05, 0) is 25.2 Å². The SMILES string of the molecule is COCCOCCOCC(=O)N1CCC(N2C(=O)OCC2CC(C)C)CC1. The van der Waals surface area contributed by atoms with Gasteiger partial charge in [-0.15, -0.1) is 0 Å².